The number of thiophene rings is 1. The van der Waals surface area contributed by atoms with Gasteiger partial charge in [-0.3, -0.25) is 0 Å². The van der Waals surface area contributed by atoms with E-state index in [0.29, 0.717) is 11.3 Å². The van der Waals surface area contributed by atoms with Gasteiger partial charge in [0.2, 0.25) is 0 Å². The van der Waals surface area contributed by atoms with Crippen LogP contribution in [0.1, 0.15) is 5.56 Å². The molecule has 6 heteroatoms. The minimum atomic E-state index is -3.36. The van der Waals surface area contributed by atoms with Crippen LogP contribution in [0.2, 0.25) is 0 Å². The molecule has 2 heterocycles. The Kier molecular flexibility index (Phi) is 2.58. The number of nitriles is 1. The Balaban J connectivity index is 2.69. The van der Waals surface area contributed by atoms with Gasteiger partial charge in [0.05, 0.1) is 11.8 Å². The molecule has 0 saturated carbocycles. The molecule has 4 nitrogen and oxygen atoms in total. The summed E-state index contributed by atoms with van der Waals surface area (Å²) >= 11 is 1.04. The maximum absolute atomic E-state index is 11.4. The van der Waals surface area contributed by atoms with Crippen LogP contribution in [0.3, 0.4) is 0 Å². The summed E-state index contributed by atoms with van der Waals surface area (Å²) in [5.41, 5.74) is 0.681. The van der Waals surface area contributed by atoms with Crippen molar-refractivity contribution in [1.29, 1.82) is 5.26 Å². The molecule has 0 bridgehead atoms. The van der Waals surface area contributed by atoms with Crippen LogP contribution < -0.4 is 0 Å². The molecule has 2 rings (SSSR count). The fourth-order valence-electron chi connectivity index (χ4n) is 1.33. The lowest BCUT2D eigenvalue weighted by atomic mass is 10.2. The van der Waals surface area contributed by atoms with Crippen molar-refractivity contribution < 1.29 is 12.8 Å². The van der Waals surface area contributed by atoms with Crippen LogP contribution in [0.4, 0.5) is 0 Å². The molecule has 0 spiro atoms. The zero-order valence-corrected chi connectivity index (χ0v) is 9.93. The number of hydrogen-bond donors (Lipinski definition) is 0. The Hall–Kier alpha value is -1.58. The Morgan fingerprint density at radius 3 is 2.75 bits per heavy atom. The highest BCUT2D eigenvalue weighted by Gasteiger charge is 2.21. The molecule has 2 aromatic heterocycles. The molecular formula is C10H7NO3S2. The summed E-state index contributed by atoms with van der Waals surface area (Å²) in [7, 11) is -3.36. The first kappa shape index (κ1) is 10.9. The van der Waals surface area contributed by atoms with E-state index in [4.69, 9.17) is 9.68 Å². The molecule has 0 fully saturated rings. The van der Waals surface area contributed by atoms with E-state index < -0.39 is 9.84 Å². The average Bonchev–Trinajstić information content (AvgIpc) is 2.84. The molecule has 0 unspecified atom stereocenters. The van der Waals surface area contributed by atoms with Crippen molar-refractivity contribution in [2.45, 2.75) is 4.21 Å². The normalized spacial score (nSPS) is 11.2. The van der Waals surface area contributed by atoms with Crippen molar-refractivity contribution in [3.63, 3.8) is 0 Å². The summed E-state index contributed by atoms with van der Waals surface area (Å²) < 4.78 is 28.1. The monoisotopic (exact) mass is 253 g/mol. The van der Waals surface area contributed by atoms with Gasteiger partial charge in [-0.2, -0.15) is 5.26 Å². The van der Waals surface area contributed by atoms with Crippen molar-refractivity contribution in [3.8, 4) is 17.4 Å². The highest BCUT2D eigenvalue weighted by molar-refractivity contribution is 7.92. The topological polar surface area (TPSA) is 71.1 Å². The summed E-state index contributed by atoms with van der Waals surface area (Å²) in [6.07, 6.45) is 2.57. The lowest BCUT2D eigenvalue weighted by Crippen LogP contribution is -1.96. The summed E-state index contributed by atoms with van der Waals surface area (Å²) in [4.78, 5) is 0. The third-order valence-corrected chi connectivity index (χ3v) is 4.84. The van der Waals surface area contributed by atoms with E-state index in [9.17, 15) is 8.42 Å². The van der Waals surface area contributed by atoms with Gasteiger partial charge in [0.25, 0.3) is 0 Å². The first-order valence-corrected chi connectivity index (χ1v) is 7.06. The Bertz CT molecular complexity index is 645. The molecule has 0 radical (unpaired) electrons. The fourth-order valence-corrected chi connectivity index (χ4v) is 3.43. The van der Waals surface area contributed by atoms with Crippen LogP contribution in [0.5, 0.6) is 0 Å². The highest BCUT2D eigenvalue weighted by atomic mass is 32.2. The smallest absolute Gasteiger partial charge is 0.186 e. The molecule has 0 aliphatic rings. The van der Waals surface area contributed by atoms with Gasteiger partial charge in [-0.25, -0.2) is 8.42 Å². The highest BCUT2D eigenvalue weighted by Crippen LogP contribution is 2.34. The van der Waals surface area contributed by atoms with Gasteiger partial charge in [-0.1, -0.05) is 0 Å². The van der Waals surface area contributed by atoms with Crippen LogP contribution >= 0.6 is 11.3 Å². The molecule has 0 aromatic carbocycles. The van der Waals surface area contributed by atoms with E-state index in [1.807, 2.05) is 6.07 Å². The standard InChI is InChI=1S/C10H7NO3S2/c1-16(12,13)10-7(5-11)8(6-15-10)9-3-2-4-14-9/h2-4,6H,1H3. The van der Waals surface area contributed by atoms with Gasteiger partial charge in [-0.05, 0) is 12.1 Å². The van der Waals surface area contributed by atoms with Crippen molar-refractivity contribution >= 4 is 21.2 Å². The predicted octanol–water partition coefficient (Wildman–Crippen LogP) is 2.28. The lowest BCUT2D eigenvalue weighted by molar-refractivity contribution is 0.582. The van der Waals surface area contributed by atoms with Crippen LogP contribution in [-0.2, 0) is 9.84 Å². The second-order valence-corrected chi connectivity index (χ2v) is 6.26. The Labute approximate surface area is 96.7 Å². The van der Waals surface area contributed by atoms with Crippen molar-refractivity contribution in [2.24, 2.45) is 0 Å². The van der Waals surface area contributed by atoms with Gasteiger partial charge in [0, 0.05) is 17.2 Å². The van der Waals surface area contributed by atoms with Crippen LogP contribution in [0.15, 0.2) is 32.4 Å². The Morgan fingerprint density at radius 1 is 1.50 bits per heavy atom. The minimum absolute atomic E-state index is 0.0846. The SMILES string of the molecule is CS(=O)(=O)c1scc(-c2ccco2)c1C#N. The molecule has 0 amide bonds. The van der Waals surface area contributed by atoms with Crippen molar-refractivity contribution in [2.75, 3.05) is 6.26 Å². The minimum Gasteiger partial charge on any atom is -0.464 e. The molecule has 16 heavy (non-hydrogen) atoms. The fraction of sp³-hybridized carbons (Fsp3) is 0.100. The third kappa shape index (κ3) is 1.75. The van der Waals surface area contributed by atoms with Gasteiger partial charge >= 0.3 is 0 Å². The summed E-state index contributed by atoms with van der Waals surface area (Å²) in [6.45, 7) is 0. The molecular weight excluding hydrogens is 246 g/mol. The summed E-state index contributed by atoms with van der Waals surface area (Å²) in [5, 5.41) is 10.6. The average molecular weight is 253 g/mol. The first-order valence-electron chi connectivity index (χ1n) is 4.29. The molecule has 0 N–H and O–H groups in total. The summed E-state index contributed by atoms with van der Waals surface area (Å²) in [6, 6.07) is 5.29. The number of sulfone groups is 1. The summed E-state index contributed by atoms with van der Waals surface area (Å²) in [5.74, 6) is 0.503. The van der Waals surface area contributed by atoms with E-state index >= 15 is 0 Å². The number of hydrogen-bond acceptors (Lipinski definition) is 5. The second-order valence-electron chi connectivity index (χ2n) is 3.17. The maximum atomic E-state index is 11.4. The zero-order valence-electron chi connectivity index (χ0n) is 8.30. The van der Waals surface area contributed by atoms with Gasteiger partial charge in [0.15, 0.2) is 9.84 Å². The molecule has 2 aromatic rings. The molecule has 82 valence electrons. The predicted molar refractivity (Wildman–Crippen MR) is 59.8 cm³/mol. The molecule has 0 saturated heterocycles. The first-order chi connectivity index (χ1) is 7.54. The lowest BCUT2D eigenvalue weighted by Gasteiger charge is -1.95. The van der Waals surface area contributed by atoms with Gasteiger partial charge in [0.1, 0.15) is 16.0 Å². The number of rotatable bonds is 2. The maximum Gasteiger partial charge on any atom is 0.186 e. The quantitative estimate of drug-likeness (QED) is 0.823. The van der Waals surface area contributed by atoms with Crippen molar-refractivity contribution in [3.05, 3.63) is 29.3 Å². The van der Waals surface area contributed by atoms with Crippen LogP contribution in [0, 0.1) is 11.3 Å². The van der Waals surface area contributed by atoms with Crippen molar-refractivity contribution in [1.82, 2.24) is 0 Å². The number of furan rings is 1. The van der Waals surface area contributed by atoms with Crippen LogP contribution in [-0.4, -0.2) is 14.7 Å². The third-order valence-electron chi connectivity index (χ3n) is 1.99. The molecule has 0 aliphatic heterocycles. The van der Waals surface area contributed by atoms with Crippen LogP contribution in [0.25, 0.3) is 11.3 Å². The molecule has 0 aliphatic carbocycles. The van der Waals surface area contributed by atoms with Gasteiger partial charge in [-0.15, -0.1) is 11.3 Å². The molecule has 0 atom stereocenters. The van der Waals surface area contributed by atoms with Gasteiger partial charge < -0.3 is 4.42 Å². The van der Waals surface area contributed by atoms with E-state index in [2.05, 4.69) is 0 Å². The zero-order chi connectivity index (χ0) is 11.8. The Morgan fingerprint density at radius 2 is 2.25 bits per heavy atom. The van der Waals surface area contributed by atoms with E-state index in [1.54, 1.807) is 17.5 Å². The van der Waals surface area contributed by atoms with E-state index in [0.717, 1.165) is 17.6 Å². The second kappa shape index (κ2) is 3.77. The van der Waals surface area contributed by atoms with E-state index in [1.165, 1.54) is 6.26 Å². The number of nitrogens with zero attached hydrogens (tertiary/aromatic N) is 1. The largest absolute Gasteiger partial charge is 0.464 e. The van der Waals surface area contributed by atoms with E-state index in [-0.39, 0.29) is 9.77 Å².